The van der Waals surface area contributed by atoms with E-state index < -0.39 is 62.8 Å². The summed E-state index contributed by atoms with van der Waals surface area (Å²) in [5.41, 5.74) is -3.37. The summed E-state index contributed by atoms with van der Waals surface area (Å²) in [4.78, 5) is 24.9. The van der Waals surface area contributed by atoms with Crippen molar-refractivity contribution < 1.29 is 37.0 Å². The summed E-state index contributed by atoms with van der Waals surface area (Å²) in [7, 11) is 1.29. The van der Waals surface area contributed by atoms with Gasteiger partial charge in [0, 0.05) is 12.7 Å². The molecule has 0 bridgehead atoms. The van der Waals surface area contributed by atoms with Crippen LogP contribution in [0.3, 0.4) is 0 Å². The SMILES string of the molecule is COCc1ccc(O)c2c1C(=O)c1c(F)c(F)c(F)c(F)c1C2=O. The van der Waals surface area contributed by atoms with Crippen molar-refractivity contribution in [2.75, 3.05) is 7.11 Å². The molecule has 2 aromatic rings. The van der Waals surface area contributed by atoms with Gasteiger partial charge in [-0.15, -0.1) is 0 Å². The van der Waals surface area contributed by atoms with Crippen molar-refractivity contribution in [3.05, 3.63) is 63.2 Å². The number of ether oxygens (including phenoxy) is 1. The summed E-state index contributed by atoms with van der Waals surface area (Å²) in [5.74, 6) is -11.6. The predicted octanol–water partition coefficient (Wildman–Crippen LogP) is 2.87. The van der Waals surface area contributed by atoms with Crippen LogP contribution in [0.1, 0.15) is 37.4 Å². The maximum atomic E-state index is 14.0. The van der Waals surface area contributed by atoms with Gasteiger partial charge >= 0.3 is 0 Å². The molecule has 0 amide bonds. The van der Waals surface area contributed by atoms with Gasteiger partial charge in [0.25, 0.3) is 0 Å². The molecule has 2 aromatic carbocycles. The van der Waals surface area contributed by atoms with Crippen molar-refractivity contribution in [2.24, 2.45) is 0 Å². The third-order valence-electron chi connectivity index (χ3n) is 3.74. The predicted molar refractivity (Wildman–Crippen MR) is 72.0 cm³/mol. The van der Waals surface area contributed by atoms with Crippen molar-refractivity contribution >= 4 is 11.6 Å². The van der Waals surface area contributed by atoms with E-state index in [9.17, 15) is 32.3 Å². The molecule has 0 aromatic heterocycles. The summed E-state index contributed by atoms with van der Waals surface area (Å²) in [6, 6.07) is 2.32. The number of aromatic hydroxyl groups is 1. The number of carbonyl (C=O) groups excluding carboxylic acids is 2. The fourth-order valence-corrected chi connectivity index (χ4v) is 2.71. The summed E-state index contributed by atoms with van der Waals surface area (Å²) >= 11 is 0. The molecule has 0 unspecified atom stereocenters. The first kappa shape index (κ1) is 16.1. The van der Waals surface area contributed by atoms with E-state index in [2.05, 4.69) is 0 Å². The fraction of sp³-hybridized carbons (Fsp3) is 0.125. The number of carbonyl (C=O) groups is 2. The number of fused-ring (bicyclic) bond motifs is 2. The van der Waals surface area contributed by atoms with Gasteiger partial charge < -0.3 is 9.84 Å². The summed E-state index contributed by atoms with van der Waals surface area (Å²) < 4.78 is 59.7. The maximum absolute atomic E-state index is 14.0. The normalized spacial score (nSPS) is 13.0. The topological polar surface area (TPSA) is 63.6 Å². The standard InChI is InChI=1S/C16H8F4O4/c1-24-4-5-2-3-6(21)8-7(5)15(22)9-10(16(8)23)12(18)14(20)13(19)11(9)17/h2-3,21H,4H2,1H3. The molecule has 1 aliphatic carbocycles. The highest BCUT2D eigenvalue weighted by Crippen LogP contribution is 2.38. The molecule has 0 aliphatic heterocycles. The minimum absolute atomic E-state index is 0.110. The van der Waals surface area contributed by atoms with Crippen LogP contribution in [-0.2, 0) is 11.3 Å². The first-order valence-corrected chi connectivity index (χ1v) is 6.60. The van der Waals surface area contributed by atoms with E-state index in [-0.39, 0.29) is 12.2 Å². The van der Waals surface area contributed by atoms with Gasteiger partial charge in [0.15, 0.2) is 29.1 Å². The lowest BCUT2D eigenvalue weighted by Crippen LogP contribution is -2.27. The molecule has 0 spiro atoms. The van der Waals surface area contributed by atoms with Crippen molar-refractivity contribution in [1.29, 1.82) is 0 Å². The average molecular weight is 340 g/mol. The monoisotopic (exact) mass is 340 g/mol. The third kappa shape index (κ3) is 1.96. The van der Waals surface area contributed by atoms with Gasteiger partial charge in [-0.3, -0.25) is 9.59 Å². The second kappa shape index (κ2) is 5.41. The zero-order valence-corrected chi connectivity index (χ0v) is 12.0. The highest BCUT2D eigenvalue weighted by atomic mass is 19.2. The van der Waals surface area contributed by atoms with Crippen LogP contribution in [0, 0.1) is 23.3 Å². The Bertz CT molecular complexity index is 921. The first-order chi connectivity index (χ1) is 11.3. The second-order valence-corrected chi connectivity index (χ2v) is 5.09. The van der Waals surface area contributed by atoms with Crippen LogP contribution in [0.15, 0.2) is 12.1 Å². The summed E-state index contributed by atoms with van der Waals surface area (Å²) in [6.45, 7) is -0.176. The van der Waals surface area contributed by atoms with Gasteiger partial charge in [-0.1, -0.05) is 6.07 Å². The summed E-state index contributed by atoms with van der Waals surface area (Å²) in [5, 5.41) is 9.85. The minimum Gasteiger partial charge on any atom is -0.507 e. The molecule has 0 saturated carbocycles. The van der Waals surface area contributed by atoms with E-state index in [4.69, 9.17) is 4.74 Å². The smallest absolute Gasteiger partial charge is 0.201 e. The molecule has 8 heteroatoms. The van der Waals surface area contributed by atoms with Gasteiger partial charge in [-0.25, -0.2) is 17.6 Å². The third-order valence-corrected chi connectivity index (χ3v) is 3.74. The molecule has 1 aliphatic rings. The second-order valence-electron chi connectivity index (χ2n) is 5.09. The Labute approximate surface area is 132 Å². The lowest BCUT2D eigenvalue weighted by molar-refractivity contribution is 0.0963. The number of rotatable bonds is 2. The minimum atomic E-state index is -2.21. The molecule has 0 atom stereocenters. The fourth-order valence-electron chi connectivity index (χ4n) is 2.71. The van der Waals surface area contributed by atoms with Crippen molar-refractivity contribution in [3.8, 4) is 5.75 Å². The molecule has 0 fully saturated rings. The van der Waals surface area contributed by atoms with Crippen molar-refractivity contribution in [2.45, 2.75) is 6.61 Å². The van der Waals surface area contributed by atoms with Crippen LogP contribution >= 0.6 is 0 Å². The van der Waals surface area contributed by atoms with Gasteiger partial charge in [-0.05, 0) is 11.6 Å². The highest BCUT2D eigenvalue weighted by molar-refractivity contribution is 6.30. The Morgan fingerprint density at radius 3 is 1.83 bits per heavy atom. The van der Waals surface area contributed by atoms with Crippen molar-refractivity contribution in [1.82, 2.24) is 0 Å². The van der Waals surface area contributed by atoms with Crippen LogP contribution in [0.25, 0.3) is 0 Å². The first-order valence-electron chi connectivity index (χ1n) is 6.60. The number of hydrogen-bond donors (Lipinski definition) is 1. The van der Waals surface area contributed by atoms with E-state index in [1.807, 2.05) is 0 Å². The number of phenolic OH excluding ortho intramolecular Hbond substituents is 1. The lowest BCUT2D eigenvalue weighted by atomic mass is 9.80. The van der Waals surface area contributed by atoms with Gasteiger partial charge in [-0.2, -0.15) is 0 Å². The van der Waals surface area contributed by atoms with Gasteiger partial charge in [0.1, 0.15) is 5.75 Å². The van der Waals surface area contributed by atoms with E-state index in [1.54, 1.807) is 0 Å². The lowest BCUT2D eigenvalue weighted by Gasteiger charge is -2.22. The Morgan fingerprint density at radius 2 is 1.33 bits per heavy atom. The maximum Gasteiger partial charge on any atom is 0.201 e. The Balaban J connectivity index is 2.43. The Hall–Kier alpha value is -2.74. The Kier molecular flexibility index (Phi) is 3.64. The zero-order valence-electron chi connectivity index (χ0n) is 12.0. The molecule has 4 nitrogen and oxygen atoms in total. The van der Waals surface area contributed by atoms with E-state index in [1.165, 1.54) is 13.2 Å². The number of ketones is 2. The number of phenols is 1. The highest BCUT2D eigenvalue weighted by Gasteiger charge is 2.41. The zero-order chi connectivity index (χ0) is 17.8. The van der Waals surface area contributed by atoms with Crippen LogP contribution in [-0.4, -0.2) is 23.8 Å². The molecule has 0 radical (unpaired) electrons. The van der Waals surface area contributed by atoms with Gasteiger partial charge in [0.05, 0.1) is 23.3 Å². The summed E-state index contributed by atoms with van der Waals surface area (Å²) in [6.07, 6.45) is 0. The molecule has 0 heterocycles. The molecular weight excluding hydrogens is 332 g/mol. The van der Waals surface area contributed by atoms with Crippen LogP contribution in [0.4, 0.5) is 17.6 Å². The number of halogens is 4. The van der Waals surface area contributed by atoms with E-state index >= 15 is 0 Å². The van der Waals surface area contributed by atoms with Crippen LogP contribution < -0.4 is 0 Å². The Morgan fingerprint density at radius 1 is 0.833 bits per heavy atom. The molecule has 124 valence electrons. The molecule has 24 heavy (non-hydrogen) atoms. The molecular formula is C16H8F4O4. The largest absolute Gasteiger partial charge is 0.507 e. The van der Waals surface area contributed by atoms with E-state index in [0.717, 1.165) is 6.07 Å². The molecule has 1 N–H and O–H groups in total. The van der Waals surface area contributed by atoms with Crippen LogP contribution in [0.5, 0.6) is 5.75 Å². The van der Waals surface area contributed by atoms with Crippen molar-refractivity contribution in [3.63, 3.8) is 0 Å². The number of benzene rings is 2. The number of hydrogen-bond acceptors (Lipinski definition) is 4. The van der Waals surface area contributed by atoms with Gasteiger partial charge in [0.2, 0.25) is 5.78 Å². The quantitative estimate of drug-likeness (QED) is 0.443. The van der Waals surface area contributed by atoms with Crippen LogP contribution in [0.2, 0.25) is 0 Å². The van der Waals surface area contributed by atoms with E-state index in [0.29, 0.717) is 0 Å². The molecule has 0 saturated heterocycles. The average Bonchev–Trinajstić information content (AvgIpc) is 2.55. The molecule has 3 rings (SSSR count). The number of methoxy groups -OCH3 is 1.